The zero-order valence-electron chi connectivity index (χ0n) is 29.1. The summed E-state index contributed by atoms with van der Waals surface area (Å²) in [4.78, 5) is 60.0. The third-order valence-corrected chi connectivity index (χ3v) is 11.5. The minimum absolute atomic E-state index is 0.137. The van der Waals surface area contributed by atoms with Gasteiger partial charge in [0.15, 0.2) is 11.5 Å². The molecular formula is C42H39N3O7. The Morgan fingerprint density at radius 2 is 1.44 bits per heavy atom. The van der Waals surface area contributed by atoms with Gasteiger partial charge in [-0.3, -0.25) is 29.5 Å². The summed E-state index contributed by atoms with van der Waals surface area (Å²) < 4.78 is 11.2. The number of nitrogens with zero attached hydrogens (tertiary/aromatic N) is 2. The third kappa shape index (κ3) is 4.92. The fourth-order valence-electron chi connectivity index (χ4n) is 9.19. The van der Waals surface area contributed by atoms with E-state index < -0.39 is 46.8 Å². The Balaban J connectivity index is 1.32. The predicted octanol–water partition coefficient (Wildman–Crippen LogP) is 5.90. The summed E-state index contributed by atoms with van der Waals surface area (Å²) in [5.41, 5.74) is 6.12. The van der Waals surface area contributed by atoms with E-state index in [9.17, 15) is 19.5 Å². The number of methoxy groups -OCH3 is 2. The number of fused-ring (bicyclic) bond motifs is 4. The summed E-state index contributed by atoms with van der Waals surface area (Å²) in [5, 5.41) is 12.1. The number of nitrogens with one attached hydrogen (secondary N) is 1. The number of likely N-dealkylation sites (tertiary alicyclic amines) is 1. The number of aryl methyl sites for hydroxylation is 1. The molecule has 0 aromatic heterocycles. The molecule has 4 aromatic rings. The number of hydrogen-bond acceptors (Lipinski definition) is 8. The number of anilines is 1. The quantitative estimate of drug-likeness (QED) is 0.172. The summed E-state index contributed by atoms with van der Waals surface area (Å²) in [7, 11) is 2.87. The van der Waals surface area contributed by atoms with Crippen LogP contribution in [-0.2, 0) is 31.1 Å². The molecule has 4 aromatic carbocycles. The van der Waals surface area contributed by atoms with Crippen molar-refractivity contribution in [3.05, 3.63) is 131 Å². The lowest BCUT2D eigenvalue weighted by molar-refractivity contribution is -0.142. The smallest absolute Gasteiger partial charge is 0.260 e. The van der Waals surface area contributed by atoms with Crippen LogP contribution in [-0.4, -0.2) is 52.9 Å². The van der Waals surface area contributed by atoms with Gasteiger partial charge in [-0.05, 0) is 66.6 Å². The molecule has 1 saturated carbocycles. The van der Waals surface area contributed by atoms with Gasteiger partial charge in [0.1, 0.15) is 0 Å². The van der Waals surface area contributed by atoms with Crippen LogP contribution in [0.25, 0.3) is 0 Å². The molecule has 4 amide bonds. The Morgan fingerprint density at radius 3 is 2.08 bits per heavy atom. The third-order valence-electron chi connectivity index (χ3n) is 11.5. The minimum atomic E-state index is -1.46. The predicted molar refractivity (Wildman–Crippen MR) is 192 cm³/mol. The summed E-state index contributed by atoms with van der Waals surface area (Å²) >= 11 is 0. The van der Waals surface area contributed by atoms with Gasteiger partial charge < -0.3 is 14.6 Å². The number of imide groups is 2. The van der Waals surface area contributed by atoms with Crippen LogP contribution in [0.1, 0.15) is 41.0 Å². The molecule has 10 nitrogen and oxygen atoms in total. The maximum absolute atomic E-state index is 15.4. The lowest BCUT2D eigenvalue weighted by atomic mass is 9.49. The fourth-order valence-corrected chi connectivity index (χ4v) is 9.19. The molecular weight excluding hydrogens is 658 g/mol. The van der Waals surface area contributed by atoms with Crippen LogP contribution in [0.4, 0.5) is 5.69 Å². The number of benzene rings is 4. The standard InChI is InChI=1S/C42H39N3O7/c1-24-14-16-28(17-15-24)43-45-39(48)32-22-31-29(18-19-30-35(31)40(49)44(38(30)47)23-25-10-6-4-7-11-25)36(26-20-33(51-2)37(46)34(21-26)52-3)42(32,41(45)50)27-12-8-5-9-13-27/h4-18,20-21,30-32,35-36,43,46H,19,22-23H2,1-3H3. The lowest BCUT2D eigenvalue weighted by Crippen LogP contribution is -2.53. The van der Waals surface area contributed by atoms with Gasteiger partial charge in [-0.2, -0.15) is 5.01 Å². The van der Waals surface area contributed by atoms with Gasteiger partial charge in [-0.15, -0.1) is 0 Å². The van der Waals surface area contributed by atoms with E-state index in [0.29, 0.717) is 23.2 Å². The molecule has 0 radical (unpaired) electrons. The van der Waals surface area contributed by atoms with Crippen LogP contribution in [0.15, 0.2) is 109 Å². The second-order valence-corrected chi connectivity index (χ2v) is 14.1. The van der Waals surface area contributed by atoms with Gasteiger partial charge in [0.2, 0.25) is 17.6 Å². The number of rotatable bonds is 8. The first-order valence-corrected chi connectivity index (χ1v) is 17.5. The number of hydrazine groups is 1. The lowest BCUT2D eigenvalue weighted by Gasteiger charge is -2.50. The molecule has 2 saturated heterocycles. The summed E-state index contributed by atoms with van der Waals surface area (Å²) in [6.45, 7) is 2.12. The first-order valence-electron chi connectivity index (χ1n) is 17.5. The van der Waals surface area contributed by atoms with E-state index in [4.69, 9.17) is 9.47 Å². The number of carbonyl (C=O) groups is 4. The van der Waals surface area contributed by atoms with E-state index in [1.54, 1.807) is 12.1 Å². The number of ether oxygens (including phenoxy) is 2. The van der Waals surface area contributed by atoms with Crippen molar-refractivity contribution in [3.8, 4) is 17.2 Å². The van der Waals surface area contributed by atoms with Gasteiger partial charge in [-0.1, -0.05) is 90.0 Å². The van der Waals surface area contributed by atoms with Gasteiger partial charge in [-0.25, -0.2) is 0 Å². The number of amides is 4. The van der Waals surface area contributed by atoms with E-state index in [0.717, 1.165) is 21.7 Å². The van der Waals surface area contributed by atoms with E-state index in [1.807, 2.05) is 97.9 Å². The highest BCUT2D eigenvalue weighted by Crippen LogP contribution is 2.64. The second-order valence-electron chi connectivity index (χ2n) is 14.1. The van der Waals surface area contributed by atoms with Crippen molar-refractivity contribution < 1.29 is 33.8 Å². The van der Waals surface area contributed by atoms with Crippen LogP contribution in [0.5, 0.6) is 17.2 Å². The second kappa shape index (κ2) is 12.7. The van der Waals surface area contributed by atoms with Crippen LogP contribution < -0.4 is 14.9 Å². The topological polar surface area (TPSA) is 125 Å². The zero-order chi connectivity index (χ0) is 36.3. The van der Waals surface area contributed by atoms with Gasteiger partial charge in [0, 0.05) is 5.92 Å². The van der Waals surface area contributed by atoms with Crippen LogP contribution in [0.3, 0.4) is 0 Å². The molecule has 2 aliphatic carbocycles. The first-order chi connectivity index (χ1) is 25.2. The highest BCUT2D eigenvalue weighted by Gasteiger charge is 2.70. The van der Waals surface area contributed by atoms with E-state index >= 15 is 4.79 Å². The molecule has 52 heavy (non-hydrogen) atoms. The molecule has 10 heteroatoms. The summed E-state index contributed by atoms with van der Waals surface area (Å²) in [6, 6.07) is 29.5. The van der Waals surface area contributed by atoms with Crippen LogP contribution in [0, 0.1) is 30.6 Å². The highest BCUT2D eigenvalue weighted by atomic mass is 16.5. The fraction of sp³-hybridized carbons (Fsp3) is 0.286. The molecule has 6 atom stereocenters. The zero-order valence-corrected chi connectivity index (χ0v) is 29.1. The van der Waals surface area contributed by atoms with Crippen LogP contribution >= 0.6 is 0 Å². The molecule has 6 unspecified atom stereocenters. The minimum Gasteiger partial charge on any atom is -0.502 e. The van der Waals surface area contributed by atoms with Crippen molar-refractivity contribution in [1.29, 1.82) is 0 Å². The van der Waals surface area contributed by atoms with Crippen molar-refractivity contribution in [2.75, 3.05) is 19.6 Å². The van der Waals surface area contributed by atoms with E-state index in [1.165, 1.54) is 19.1 Å². The van der Waals surface area contributed by atoms with Crippen molar-refractivity contribution in [3.63, 3.8) is 0 Å². The SMILES string of the molecule is COc1cc(C2C3=CCC4C(=O)N(Cc5ccccc5)C(=O)C4C3CC3C(=O)N(Nc4ccc(C)cc4)C(=O)C32c2ccccc2)cc(OC)c1O. The van der Waals surface area contributed by atoms with E-state index in [-0.39, 0.29) is 42.0 Å². The number of aromatic hydroxyl groups is 1. The molecule has 2 N–H and O–H groups in total. The molecule has 2 aliphatic heterocycles. The van der Waals surface area contributed by atoms with Gasteiger partial charge in [0.25, 0.3) is 11.8 Å². The van der Waals surface area contributed by atoms with Gasteiger partial charge >= 0.3 is 0 Å². The molecule has 3 fully saturated rings. The Morgan fingerprint density at radius 1 is 0.808 bits per heavy atom. The molecule has 0 bridgehead atoms. The van der Waals surface area contributed by atoms with Crippen LogP contribution in [0.2, 0.25) is 0 Å². The molecule has 4 aliphatic rings. The number of carbonyl (C=O) groups excluding carboxylic acids is 4. The monoisotopic (exact) mass is 697 g/mol. The van der Waals surface area contributed by atoms with Gasteiger partial charge in [0.05, 0.1) is 49.6 Å². The van der Waals surface area contributed by atoms with Crippen molar-refractivity contribution in [1.82, 2.24) is 9.91 Å². The molecule has 2 heterocycles. The van der Waals surface area contributed by atoms with Crippen molar-refractivity contribution >= 4 is 29.3 Å². The normalized spacial score (nSPS) is 26.4. The summed E-state index contributed by atoms with van der Waals surface area (Å²) in [5.74, 6) is -4.82. The Kier molecular flexibility index (Phi) is 8.12. The first kappa shape index (κ1) is 33.3. The van der Waals surface area contributed by atoms with E-state index in [2.05, 4.69) is 5.43 Å². The average molecular weight is 698 g/mol. The number of phenolic OH excluding ortho intramolecular Hbond substituents is 1. The Hall–Kier alpha value is -5.90. The molecule has 264 valence electrons. The number of hydrogen-bond donors (Lipinski definition) is 2. The Bertz CT molecular complexity index is 2090. The maximum Gasteiger partial charge on any atom is 0.260 e. The van der Waals surface area contributed by atoms with Crippen molar-refractivity contribution in [2.45, 2.75) is 37.6 Å². The largest absolute Gasteiger partial charge is 0.502 e. The molecule has 0 spiro atoms. The maximum atomic E-state index is 15.4. The average Bonchev–Trinajstić information content (AvgIpc) is 3.53. The Labute approximate surface area is 301 Å². The summed E-state index contributed by atoms with van der Waals surface area (Å²) in [6.07, 6.45) is 2.49. The number of phenols is 1. The molecule has 8 rings (SSSR count). The van der Waals surface area contributed by atoms with Crippen molar-refractivity contribution in [2.24, 2.45) is 23.7 Å². The number of allylic oxidation sites excluding steroid dienone is 2. The highest BCUT2D eigenvalue weighted by molar-refractivity contribution is 6.13.